The van der Waals surface area contributed by atoms with Gasteiger partial charge in [-0.2, -0.15) is 0 Å². The van der Waals surface area contributed by atoms with Gasteiger partial charge in [-0.25, -0.2) is 0 Å². The Kier molecular flexibility index (Phi) is 4.33. The van der Waals surface area contributed by atoms with Gasteiger partial charge in [-0.15, -0.1) is 0 Å². The van der Waals surface area contributed by atoms with Crippen molar-refractivity contribution in [1.29, 1.82) is 0 Å². The quantitative estimate of drug-likeness (QED) is 0.776. The van der Waals surface area contributed by atoms with E-state index in [2.05, 4.69) is 45.6 Å². The van der Waals surface area contributed by atoms with Crippen molar-refractivity contribution < 1.29 is 4.79 Å². The van der Waals surface area contributed by atoms with E-state index in [1.165, 1.54) is 24.0 Å². The topological polar surface area (TPSA) is 20.3 Å². The normalized spacial score (nSPS) is 20.6. The molecule has 0 aliphatic carbocycles. The molecule has 1 fully saturated rings. The Bertz CT molecular complexity index is 504. The molecule has 0 spiro atoms. The molecule has 1 aliphatic heterocycles. The largest absolute Gasteiger partial charge is 0.293 e. The molecule has 1 aromatic carbocycles. The number of rotatable bonds is 3. The Morgan fingerprint density at radius 3 is 2.55 bits per heavy atom. The smallest absolute Gasteiger partial charge is 0.179 e. The molecule has 0 radical (unpaired) electrons. The van der Waals surface area contributed by atoms with Gasteiger partial charge in [0.25, 0.3) is 0 Å². The summed E-state index contributed by atoms with van der Waals surface area (Å²) in [6.45, 7) is 12.9. The Balaban J connectivity index is 2.13. The second kappa shape index (κ2) is 5.69. The first-order valence-electron chi connectivity index (χ1n) is 7.66. The number of benzene rings is 1. The Morgan fingerprint density at radius 1 is 1.25 bits per heavy atom. The third-order valence-electron chi connectivity index (χ3n) is 4.65. The van der Waals surface area contributed by atoms with E-state index >= 15 is 0 Å². The highest BCUT2D eigenvalue weighted by Gasteiger charge is 2.31. The number of hydrogen-bond acceptors (Lipinski definition) is 2. The number of nitrogens with zero attached hydrogens (tertiary/aromatic N) is 1. The van der Waals surface area contributed by atoms with Crippen LogP contribution in [0.25, 0.3) is 0 Å². The van der Waals surface area contributed by atoms with Crippen LogP contribution >= 0.6 is 0 Å². The molecule has 1 aliphatic rings. The predicted octanol–water partition coefficient (Wildman–Crippen LogP) is 4.00. The molecule has 1 heterocycles. The zero-order chi connectivity index (χ0) is 14.9. The van der Waals surface area contributed by atoms with E-state index in [1.807, 2.05) is 12.1 Å². The maximum atomic E-state index is 12.7. The number of hydrogen-bond donors (Lipinski definition) is 0. The summed E-state index contributed by atoms with van der Waals surface area (Å²) in [5.74, 6) is 0.255. The number of likely N-dealkylation sites (tertiary alicyclic amines) is 1. The average Bonchev–Trinajstić information content (AvgIpc) is 2.39. The molecule has 2 nitrogen and oxygen atoms in total. The second-order valence-electron chi connectivity index (χ2n) is 7.08. The fourth-order valence-corrected chi connectivity index (χ4v) is 3.10. The van der Waals surface area contributed by atoms with Gasteiger partial charge in [0, 0.05) is 12.1 Å². The summed E-state index contributed by atoms with van der Waals surface area (Å²) in [6, 6.07) is 6.03. The molecule has 0 bridgehead atoms. The molecule has 0 aromatic heterocycles. The molecule has 0 N–H and O–H groups in total. The lowest BCUT2D eigenvalue weighted by atomic mass is 9.83. The summed E-state index contributed by atoms with van der Waals surface area (Å²) >= 11 is 0. The summed E-state index contributed by atoms with van der Waals surface area (Å²) in [4.78, 5) is 15.0. The van der Waals surface area contributed by atoms with Crippen molar-refractivity contribution in [3.05, 3.63) is 34.9 Å². The van der Waals surface area contributed by atoms with Crippen molar-refractivity contribution in [2.24, 2.45) is 5.41 Å². The minimum Gasteiger partial charge on any atom is -0.293 e. The van der Waals surface area contributed by atoms with Gasteiger partial charge in [0.05, 0.1) is 6.04 Å². The van der Waals surface area contributed by atoms with Crippen molar-refractivity contribution in [2.45, 2.75) is 53.5 Å². The highest BCUT2D eigenvalue weighted by molar-refractivity contribution is 6.00. The fraction of sp³-hybridized carbons (Fsp3) is 0.611. The maximum absolute atomic E-state index is 12.7. The zero-order valence-electron chi connectivity index (χ0n) is 13.5. The molecule has 1 atom stereocenters. The number of carbonyl (C=O) groups is 1. The first-order valence-corrected chi connectivity index (χ1v) is 7.66. The minimum absolute atomic E-state index is 0.0170. The van der Waals surface area contributed by atoms with Gasteiger partial charge in [0.15, 0.2) is 5.78 Å². The third kappa shape index (κ3) is 3.29. The molecular formula is C18H27NO. The Labute approximate surface area is 123 Å². The molecule has 2 heteroatoms. The van der Waals surface area contributed by atoms with E-state index in [9.17, 15) is 4.79 Å². The summed E-state index contributed by atoms with van der Waals surface area (Å²) in [5.41, 5.74) is 3.62. The highest BCUT2D eigenvalue weighted by atomic mass is 16.1. The Morgan fingerprint density at radius 2 is 1.95 bits per heavy atom. The summed E-state index contributed by atoms with van der Waals surface area (Å²) < 4.78 is 0. The molecule has 0 saturated carbocycles. The van der Waals surface area contributed by atoms with E-state index in [-0.39, 0.29) is 11.8 Å². The van der Waals surface area contributed by atoms with Gasteiger partial charge in [-0.05, 0) is 62.8 Å². The van der Waals surface area contributed by atoms with E-state index in [4.69, 9.17) is 0 Å². The van der Waals surface area contributed by atoms with Crippen LogP contribution in [0.1, 0.15) is 55.1 Å². The van der Waals surface area contributed by atoms with Crippen LogP contribution in [-0.4, -0.2) is 29.8 Å². The lowest BCUT2D eigenvalue weighted by molar-refractivity contribution is 0.0626. The van der Waals surface area contributed by atoms with Crippen molar-refractivity contribution >= 4 is 5.78 Å². The molecule has 1 aromatic rings. The van der Waals surface area contributed by atoms with Crippen LogP contribution in [0.3, 0.4) is 0 Å². The van der Waals surface area contributed by atoms with Gasteiger partial charge in [-0.3, -0.25) is 9.69 Å². The van der Waals surface area contributed by atoms with Crippen LogP contribution in [0, 0.1) is 19.3 Å². The first-order chi connectivity index (χ1) is 9.30. The van der Waals surface area contributed by atoms with Gasteiger partial charge in [0.2, 0.25) is 0 Å². The van der Waals surface area contributed by atoms with Gasteiger partial charge in [0.1, 0.15) is 0 Å². The SMILES string of the molecule is Cc1ccc(C(=O)C(C)N2CCCC(C)(C)C2)cc1C. The monoisotopic (exact) mass is 273 g/mol. The van der Waals surface area contributed by atoms with E-state index in [0.29, 0.717) is 5.41 Å². The number of Topliss-reactive ketones (excluding diaryl/α,β-unsaturated/α-hetero) is 1. The fourth-order valence-electron chi connectivity index (χ4n) is 3.10. The molecule has 2 rings (SSSR count). The van der Waals surface area contributed by atoms with E-state index < -0.39 is 0 Å². The van der Waals surface area contributed by atoms with E-state index in [1.54, 1.807) is 0 Å². The van der Waals surface area contributed by atoms with Crippen LogP contribution in [0.2, 0.25) is 0 Å². The van der Waals surface area contributed by atoms with Crippen LogP contribution in [0.4, 0.5) is 0 Å². The van der Waals surface area contributed by atoms with Crippen LogP contribution in [-0.2, 0) is 0 Å². The molecule has 1 saturated heterocycles. The van der Waals surface area contributed by atoms with Crippen molar-refractivity contribution in [2.75, 3.05) is 13.1 Å². The van der Waals surface area contributed by atoms with Crippen molar-refractivity contribution in [3.63, 3.8) is 0 Å². The maximum Gasteiger partial charge on any atom is 0.179 e. The molecule has 20 heavy (non-hydrogen) atoms. The standard InChI is InChI=1S/C18H27NO/c1-13-7-8-16(11-14(13)2)17(20)15(3)19-10-6-9-18(4,5)12-19/h7-8,11,15H,6,9-10,12H2,1-5H3. The van der Waals surface area contributed by atoms with Crippen molar-refractivity contribution in [1.82, 2.24) is 4.90 Å². The molecule has 1 unspecified atom stereocenters. The summed E-state index contributed by atoms with van der Waals surface area (Å²) in [6.07, 6.45) is 2.45. The summed E-state index contributed by atoms with van der Waals surface area (Å²) in [5, 5.41) is 0. The molecule has 0 amide bonds. The number of carbonyl (C=O) groups excluding carboxylic acids is 1. The molecule has 110 valence electrons. The number of aryl methyl sites for hydroxylation is 2. The lowest BCUT2D eigenvalue weighted by Crippen LogP contribution is -2.47. The summed E-state index contributed by atoms with van der Waals surface area (Å²) in [7, 11) is 0. The highest BCUT2D eigenvalue weighted by Crippen LogP contribution is 2.30. The number of piperidine rings is 1. The second-order valence-corrected chi connectivity index (χ2v) is 7.08. The molecular weight excluding hydrogens is 246 g/mol. The van der Waals surface area contributed by atoms with Gasteiger partial charge >= 0.3 is 0 Å². The van der Waals surface area contributed by atoms with Crippen molar-refractivity contribution in [3.8, 4) is 0 Å². The predicted molar refractivity (Wildman–Crippen MR) is 84.3 cm³/mol. The average molecular weight is 273 g/mol. The van der Waals surface area contributed by atoms with Crippen LogP contribution in [0.5, 0.6) is 0 Å². The van der Waals surface area contributed by atoms with Crippen LogP contribution < -0.4 is 0 Å². The zero-order valence-corrected chi connectivity index (χ0v) is 13.5. The number of ketones is 1. The van der Waals surface area contributed by atoms with Gasteiger partial charge < -0.3 is 0 Å². The van der Waals surface area contributed by atoms with Gasteiger partial charge in [-0.1, -0.05) is 26.0 Å². The lowest BCUT2D eigenvalue weighted by Gasteiger charge is -2.40. The third-order valence-corrected chi connectivity index (χ3v) is 4.65. The first kappa shape index (κ1) is 15.2. The van der Waals surface area contributed by atoms with E-state index in [0.717, 1.165) is 18.7 Å². The minimum atomic E-state index is -0.0170. The Hall–Kier alpha value is -1.15. The van der Waals surface area contributed by atoms with Crippen LogP contribution in [0.15, 0.2) is 18.2 Å².